The molecule has 0 atom stereocenters. The van der Waals surface area contributed by atoms with E-state index in [1.807, 2.05) is 0 Å². The van der Waals surface area contributed by atoms with Gasteiger partial charge in [0.25, 0.3) is 0 Å². The van der Waals surface area contributed by atoms with E-state index in [1.54, 1.807) is 17.1 Å². The van der Waals surface area contributed by atoms with Crippen molar-refractivity contribution in [1.82, 2.24) is 9.78 Å². The Balaban J connectivity index is 2.67. The van der Waals surface area contributed by atoms with Gasteiger partial charge in [0.15, 0.2) is 0 Å². The second-order valence-corrected chi connectivity index (χ2v) is 3.43. The molecule has 0 spiro atoms. The van der Waals surface area contributed by atoms with Crippen LogP contribution in [0.25, 0.3) is 0 Å². The molecule has 10 heavy (non-hydrogen) atoms. The van der Waals surface area contributed by atoms with Crippen LogP contribution in [0.5, 0.6) is 0 Å². The largest absolute Gasteiger partial charge is 0.266 e. The van der Waals surface area contributed by atoms with Crippen LogP contribution in [0.4, 0.5) is 0 Å². The van der Waals surface area contributed by atoms with Crippen LogP contribution in [0.15, 0.2) is 23.5 Å². The average Bonchev–Trinajstić information content (AvgIpc) is 2.13. The van der Waals surface area contributed by atoms with Gasteiger partial charge in [0.1, 0.15) is 0 Å². The number of hydrogen-bond acceptors (Lipinski definition) is 1. The summed E-state index contributed by atoms with van der Waals surface area (Å²) in [5.74, 6) is 0. The smallest absolute Gasteiger partial charge is 0.0785 e. The Morgan fingerprint density at radius 1 is 1.90 bits per heavy atom. The summed E-state index contributed by atoms with van der Waals surface area (Å²) in [7, 11) is 0. The van der Waals surface area contributed by atoms with Gasteiger partial charge in [0, 0.05) is 10.7 Å². The first-order valence-corrected chi connectivity index (χ1v) is 3.87. The summed E-state index contributed by atoms with van der Waals surface area (Å²) in [5.41, 5.74) is 0. The molecule has 0 radical (unpaired) electrons. The molecular weight excluding hydrogens is 215 g/mol. The van der Waals surface area contributed by atoms with Crippen molar-refractivity contribution in [3.63, 3.8) is 0 Å². The Hall–Kier alpha value is -0.280. The predicted molar refractivity (Wildman–Crippen MR) is 45.3 cm³/mol. The summed E-state index contributed by atoms with van der Waals surface area (Å²) >= 11 is 8.84. The predicted octanol–water partition coefficient (Wildman–Crippen LogP) is 2.45. The fourth-order valence-electron chi connectivity index (χ4n) is 0.601. The van der Waals surface area contributed by atoms with Crippen molar-refractivity contribution >= 4 is 27.5 Å². The average molecular weight is 221 g/mol. The van der Waals surface area contributed by atoms with Gasteiger partial charge in [-0.25, -0.2) is 0 Å². The summed E-state index contributed by atoms with van der Waals surface area (Å²) in [5, 5.41) is 4.60. The number of hydrogen-bond donors (Lipinski definition) is 0. The van der Waals surface area contributed by atoms with Crippen molar-refractivity contribution in [3.05, 3.63) is 28.5 Å². The summed E-state index contributed by atoms with van der Waals surface area (Å²) in [6.45, 7) is 4.33. The summed E-state index contributed by atoms with van der Waals surface area (Å²) in [4.78, 5) is 0. The van der Waals surface area contributed by atoms with E-state index in [0.29, 0.717) is 11.6 Å². The Labute approximate surface area is 72.6 Å². The second kappa shape index (κ2) is 3.21. The standard InChI is InChI=1S/C6H6BrClN2/c1-5(7)3-10-4-6(8)2-9-10/h2,4H,1,3H2. The van der Waals surface area contributed by atoms with E-state index in [0.717, 1.165) is 4.48 Å². The van der Waals surface area contributed by atoms with Crippen LogP contribution in [-0.2, 0) is 6.54 Å². The highest BCUT2D eigenvalue weighted by molar-refractivity contribution is 9.11. The maximum atomic E-state index is 5.62. The van der Waals surface area contributed by atoms with Crippen molar-refractivity contribution in [2.24, 2.45) is 0 Å². The number of nitrogens with zero attached hydrogens (tertiary/aromatic N) is 2. The highest BCUT2D eigenvalue weighted by atomic mass is 79.9. The molecule has 0 aromatic carbocycles. The van der Waals surface area contributed by atoms with E-state index >= 15 is 0 Å². The maximum Gasteiger partial charge on any atom is 0.0785 e. The molecule has 0 aliphatic heterocycles. The molecule has 0 bridgehead atoms. The third kappa shape index (κ3) is 2.15. The highest BCUT2D eigenvalue weighted by Crippen LogP contribution is 2.08. The van der Waals surface area contributed by atoms with Gasteiger partial charge in [-0.3, -0.25) is 4.68 Å². The van der Waals surface area contributed by atoms with Crippen LogP contribution in [0.2, 0.25) is 5.02 Å². The molecule has 0 saturated carbocycles. The molecule has 0 aliphatic rings. The first-order valence-electron chi connectivity index (χ1n) is 2.70. The SMILES string of the molecule is C=C(Br)Cn1cc(Cl)cn1. The first kappa shape index (κ1) is 7.82. The van der Waals surface area contributed by atoms with Crippen LogP contribution in [0.1, 0.15) is 0 Å². The van der Waals surface area contributed by atoms with Crippen molar-refractivity contribution in [3.8, 4) is 0 Å². The zero-order valence-electron chi connectivity index (χ0n) is 5.22. The molecule has 1 heterocycles. The fraction of sp³-hybridized carbons (Fsp3) is 0.167. The number of rotatable bonds is 2. The lowest BCUT2D eigenvalue weighted by Crippen LogP contribution is -1.96. The van der Waals surface area contributed by atoms with Crippen molar-refractivity contribution in [2.75, 3.05) is 0 Å². The minimum Gasteiger partial charge on any atom is -0.266 e. The van der Waals surface area contributed by atoms with Gasteiger partial charge < -0.3 is 0 Å². The van der Waals surface area contributed by atoms with E-state index in [2.05, 4.69) is 27.6 Å². The molecule has 4 heteroatoms. The van der Waals surface area contributed by atoms with Gasteiger partial charge in [-0.1, -0.05) is 34.1 Å². The molecule has 2 nitrogen and oxygen atoms in total. The van der Waals surface area contributed by atoms with E-state index in [4.69, 9.17) is 11.6 Å². The number of halogens is 2. The van der Waals surface area contributed by atoms with Gasteiger partial charge in [-0.2, -0.15) is 5.10 Å². The maximum absolute atomic E-state index is 5.62. The third-order valence-electron chi connectivity index (χ3n) is 0.935. The van der Waals surface area contributed by atoms with E-state index in [1.165, 1.54) is 0 Å². The Morgan fingerprint density at radius 2 is 2.60 bits per heavy atom. The fourth-order valence-corrected chi connectivity index (χ4v) is 1.01. The van der Waals surface area contributed by atoms with Gasteiger partial charge in [0.2, 0.25) is 0 Å². The van der Waals surface area contributed by atoms with Crippen LogP contribution < -0.4 is 0 Å². The van der Waals surface area contributed by atoms with E-state index in [9.17, 15) is 0 Å². The third-order valence-corrected chi connectivity index (χ3v) is 1.38. The summed E-state index contributed by atoms with van der Waals surface area (Å²) in [6.07, 6.45) is 3.34. The molecule has 0 aliphatic carbocycles. The zero-order valence-corrected chi connectivity index (χ0v) is 7.56. The lowest BCUT2D eigenvalue weighted by Gasteiger charge is -1.95. The number of allylic oxidation sites excluding steroid dienone is 1. The minimum atomic E-state index is 0.647. The van der Waals surface area contributed by atoms with Crippen LogP contribution in [0, 0.1) is 0 Å². The van der Waals surface area contributed by atoms with Crippen LogP contribution >= 0.6 is 27.5 Å². The van der Waals surface area contributed by atoms with Crippen molar-refractivity contribution in [1.29, 1.82) is 0 Å². The molecule has 0 amide bonds. The van der Waals surface area contributed by atoms with Gasteiger partial charge in [-0.15, -0.1) is 0 Å². The van der Waals surface area contributed by atoms with Gasteiger partial charge >= 0.3 is 0 Å². The van der Waals surface area contributed by atoms with Crippen molar-refractivity contribution < 1.29 is 0 Å². The van der Waals surface area contributed by atoms with E-state index in [-0.39, 0.29) is 0 Å². The zero-order chi connectivity index (χ0) is 7.56. The first-order chi connectivity index (χ1) is 4.68. The molecule has 0 N–H and O–H groups in total. The molecule has 0 unspecified atom stereocenters. The van der Waals surface area contributed by atoms with Gasteiger partial charge in [-0.05, 0) is 0 Å². The molecule has 1 aromatic rings. The molecule has 0 saturated heterocycles. The highest BCUT2D eigenvalue weighted by Gasteiger charge is 1.94. The Bertz CT molecular complexity index is 244. The van der Waals surface area contributed by atoms with Crippen LogP contribution in [-0.4, -0.2) is 9.78 Å². The van der Waals surface area contributed by atoms with Crippen molar-refractivity contribution in [2.45, 2.75) is 6.54 Å². The minimum absolute atomic E-state index is 0.647. The second-order valence-electron chi connectivity index (χ2n) is 1.87. The molecule has 0 fully saturated rings. The number of aromatic nitrogens is 2. The lowest BCUT2D eigenvalue weighted by molar-refractivity contribution is 0.698. The molecule has 1 rings (SSSR count). The van der Waals surface area contributed by atoms with Gasteiger partial charge in [0.05, 0.1) is 17.8 Å². The van der Waals surface area contributed by atoms with E-state index < -0.39 is 0 Å². The Kier molecular flexibility index (Phi) is 2.51. The lowest BCUT2D eigenvalue weighted by atomic mass is 10.6. The molecule has 1 aromatic heterocycles. The monoisotopic (exact) mass is 220 g/mol. The summed E-state index contributed by atoms with van der Waals surface area (Å²) < 4.78 is 2.59. The normalized spacial score (nSPS) is 9.80. The summed E-state index contributed by atoms with van der Waals surface area (Å²) in [6, 6.07) is 0. The quantitative estimate of drug-likeness (QED) is 0.750. The Morgan fingerprint density at radius 3 is 3.00 bits per heavy atom. The molecule has 54 valence electrons. The molecular formula is C6H6BrClN2. The topological polar surface area (TPSA) is 17.8 Å². The van der Waals surface area contributed by atoms with Crippen LogP contribution in [0.3, 0.4) is 0 Å².